The molecule has 1 unspecified atom stereocenters. The van der Waals surface area contributed by atoms with Crippen molar-refractivity contribution in [3.8, 4) is 0 Å². The summed E-state index contributed by atoms with van der Waals surface area (Å²) in [7, 11) is 1.71. The largest absolute Gasteiger partial charge is 0.385 e. The third-order valence-electron chi connectivity index (χ3n) is 6.06. The number of carbonyl (C=O) groups is 1. The van der Waals surface area contributed by atoms with Crippen LogP contribution < -0.4 is 5.32 Å². The molecule has 2 atom stereocenters. The number of hydrogen-bond donors (Lipinski definition) is 1. The first-order chi connectivity index (χ1) is 14.5. The maximum atomic E-state index is 12.4. The molecule has 8 heteroatoms. The van der Waals surface area contributed by atoms with E-state index < -0.39 is 6.10 Å². The van der Waals surface area contributed by atoms with Gasteiger partial charge in [0.15, 0.2) is 0 Å². The van der Waals surface area contributed by atoms with Gasteiger partial charge in [0, 0.05) is 50.8 Å². The van der Waals surface area contributed by atoms with Crippen molar-refractivity contribution in [2.24, 2.45) is 0 Å². The van der Waals surface area contributed by atoms with Gasteiger partial charge in [-0.25, -0.2) is 0 Å². The summed E-state index contributed by atoms with van der Waals surface area (Å²) < 4.78 is 13.0. The number of amides is 1. The summed E-state index contributed by atoms with van der Waals surface area (Å²) in [5, 5.41) is 9.48. The first-order valence-electron chi connectivity index (χ1n) is 10.8. The number of nitrogens with one attached hydrogen (secondary N) is 1. The van der Waals surface area contributed by atoms with Gasteiger partial charge in [0.05, 0.1) is 22.8 Å². The fraction of sp³-hybridized carbons (Fsp3) is 0.636. The molecule has 1 saturated carbocycles. The van der Waals surface area contributed by atoms with Gasteiger partial charge in [0.2, 0.25) is 0 Å². The summed E-state index contributed by atoms with van der Waals surface area (Å²) in [6, 6.07) is 4.69. The smallest absolute Gasteiger partial charge is 0.250 e. The fourth-order valence-corrected chi connectivity index (χ4v) is 4.50. The molecule has 1 aliphatic carbocycles. The van der Waals surface area contributed by atoms with Crippen LogP contribution in [0.2, 0.25) is 5.02 Å². The molecule has 1 aromatic heterocycles. The zero-order chi connectivity index (χ0) is 21.3. The van der Waals surface area contributed by atoms with Gasteiger partial charge >= 0.3 is 0 Å². The maximum absolute atomic E-state index is 12.4. The van der Waals surface area contributed by atoms with Crippen LogP contribution in [0.5, 0.6) is 0 Å². The van der Waals surface area contributed by atoms with Crippen LogP contribution in [-0.2, 0) is 20.8 Å². The number of methoxy groups -OCH3 is 1. The van der Waals surface area contributed by atoms with Gasteiger partial charge < -0.3 is 14.8 Å². The SMILES string of the molecule is COCCCn1nc(C)c2c(Cl)cc([C@H](C)N3CCOC(C(=O)NC4CC4)C3)cc21. The number of aromatic nitrogens is 2. The summed E-state index contributed by atoms with van der Waals surface area (Å²) in [4.78, 5) is 14.8. The average molecular weight is 435 g/mol. The number of benzene rings is 1. The predicted octanol–water partition coefficient (Wildman–Crippen LogP) is 3.08. The Hall–Kier alpha value is -1.67. The standard InChI is InChI=1S/C22H31ClN4O3/c1-14-21-18(23)11-16(12-19(21)27(25-14)7-4-9-29-3)15(2)26-8-10-30-20(13-26)22(28)24-17-5-6-17/h11-12,15,17,20H,4-10,13H2,1-3H3,(H,24,28)/t15-,20?/m0/s1. The molecular formula is C22H31ClN4O3. The number of aryl methyl sites for hydroxylation is 2. The van der Waals surface area contributed by atoms with Crippen molar-refractivity contribution >= 4 is 28.4 Å². The van der Waals surface area contributed by atoms with Gasteiger partial charge in [-0.1, -0.05) is 11.6 Å². The molecule has 4 rings (SSSR count). The van der Waals surface area contributed by atoms with Crippen molar-refractivity contribution in [1.29, 1.82) is 0 Å². The molecule has 1 saturated heterocycles. The Balaban J connectivity index is 1.53. The minimum absolute atomic E-state index is 0.00901. The summed E-state index contributed by atoms with van der Waals surface area (Å²) in [5.41, 5.74) is 3.12. The zero-order valence-electron chi connectivity index (χ0n) is 18.0. The highest BCUT2D eigenvalue weighted by atomic mass is 35.5. The monoisotopic (exact) mass is 434 g/mol. The van der Waals surface area contributed by atoms with Crippen molar-refractivity contribution in [3.05, 3.63) is 28.4 Å². The van der Waals surface area contributed by atoms with Crippen molar-refractivity contribution in [2.45, 2.75) is 57.8 Å². The lowest BCUT2D eigenvalue weighted by atomic mass is 10.0. The van der Waals surface area contributed by atoms with Gasteiger partial charge in [-0.2, -0.15) is 5.10 Å². The van der Waals surface area contributed by atoms with Crippen LogP contribution in [0.3, 0.4) is 0 Å². The summed E-state index contributed by atoms with van der Waals surface area (Å²) in [6.45, 7) is 7.57. The van der Waals surface area contributed by atoms with Crippen LogP contribution in [0.15, 0.2) is 12.1 Å². The van der Waals surface area contributed by atoms with E-state index in [0.29, 0.717) is 25.8 Å². The van der Waals surface area contributed by atoms with Gasteiger partial charge in [-0.15, -0.1) is 0 Å². The molecule has 2 heterocycles. The molecule has 7 nitrogen and oxygen atoms in total. The van der Waals surface area contributed by atoms with Gasteiger partial charge in [-0.3, -0.25) is 14.4 Å². The molecule has 1 aromatic carbocycles. The highest BCUT2D eigenvalue weighted by Gasteiger charge is 2.33. The zero-order valence-corrected chi connectivity index (χ0v) is 18.7. The Morgan fingerprint density at radius 1 is 1.43 bits per heavy atom. The lowest BCUT2D eigenvalue weighted by Crippen LogP contribution is -2.50. The Labute approximate surface area is 182 Å². The van der Waals surface area contributed by atoms with Gasteiger partial charge in [0.1, 0.15) is 6.10 Å². The highest BCUT2D eigenvalue weighted by Crippen LogP contribution is 2.33. The van der Waals surface area contributed by atoms with E-state index in [4.69, 9.17) is 26.2 Å². The van der Waals surface area contributed by atoms with E-state index in [1.54, 1.807) is 7.11 Å². The Morgan fingerprint density at radius 3 is 2.97 bits per heavy atom. The van der Waals surface area contributed by atoms with Crippen molar-refractivity contribution < 1.29 is 14.3 Å². The normalized spacial score (nSPS) is 21.1. The number of carbonyl (C=O) groups excluding carboxylic acids is 1. The fourth-order valence-electron chi connectivity index (χ4n) is 4.14. The summed E-state index contributed by atoms with van der Waals surface area (Å²) >= 11 is 6.68. The second-order valence-corrected chi connectivity index (χ2v) is 8.77. The third-order valence-corrected chi connectivity index (χ3v) is 6.36. The maximum Gasteiger partial charge on any atom is 0.250 e. The van der Waals surface area contributed by atoms with Crippen LogP contribution in [0.4, 0.5) is 0 Å². The molecule has 2 fully saturated rings. The van der Waals surface area contributed by atoms with E-state index in [1.807, 2.05) is 17.7 Å². The number of fused-ring (bicyclic) bond motifs is 1. The van der Waals surface area contributed by atoms with Gasteiger partial charge in [0.25, 0.3) is 5.91 Å². The summed E-state index contributed by atoms with van der Waals surface area (Å²) in [6.07, 6.45) is 2.64. The number of halogens is 1. The second kappa shape index (κ2) is 9.22. The lowest BCUT2D eigenvalue weighted by molar-refractivity contribution is -0.139. The molecule has 30 heavy (non-hydrogen) atoms. The number of nitrogens with zero attached hydrogens (tertiary/aromatic N) is 3. The number of rotatable bonds is 8. The molecule has 1 amide bonds. The van der Waals surface area contributed by atoms with E-state index in [2.05, 4.69) is 23.2 Å². The van der Waals surface area contributed by atoms with E-state index in [1.165, 1.54) is 0 Å². The third kappa shape index (κ3) is 4.64. The molecule has 1 N–H and O–H groups in total. The molecule has 2 aromatic rings. The molecule has 164 valence electrons. The molecule has 0 spiro atoms. The molecule has 0 bridgehead atoms. The number of hydrogen-bond acceptors (Lipinski definition) is 5. The first kappa shape index (κ1) is 21.6. The first-order valence-corrected chi connectivity index (χ1v) is 11.2. The van der Waals surface area contributed by atoms with Crippen molar-refractivity contribution in [3.63, 3.8) is 0 Å². The number of ether oxygens (including phenoxy) is 2. The Bertz CT molecular complexity index is 911. The Morgan fingerprint density at radius 2 is 2.23 bits per heavy atom. The lowest BCUT2D eigenvalue weighted by Gasteiger charge is -2.36. The van der Waals surface area contributed by atoms with Crippen LogP contribution in [-0.4, -0.2) is 66.1 Å². The van der Waals surface area contributed by atoms with Crippen molar-refractivity contribution in [2.75, 3.05) is 33.4 Å². The van der Waals surface area contributed by atoms with Crippen LogP contribution in [0, 0.1) is 6.92 Å². The minimum atomic E-state index is -0.414. The average Bonchev–Trinajstić information content (AvgIpc) is 3.50. The van der Waals surface area contributed by atoms with E-state index >= 15 is 0 Å². The predicted molar refractivity (Wildman–Crippen MR) is 117 cm³/mol. The molecule has 0 radical (unpaired) electrons. The van der Waals surface area contributed by atoms with E-state index in [-0.39, 0.29) is 11.9 Å². The number of morpholine rings is 1. The minimum Gasteiger partial charge on any atom is -0.385 e. The highest BCUT2D eigenvalue weighted by molar-refractivity contribution is 6.35. The Kier molecular flexibility index (Phi) is 6.63. The van der Waals surface area contributed by atoms with Crippen molar-refractivity contribution in [1.82, 2.24) is 20.0 Å². The van der Waals surface area contributed by atoms with Crippen LogP contribution in [0.25, 0.3) is 10.9 Å². The second-order valence-electron chi connectivity index (χ2n) is 8.36. The molecule has 2 aliphatic rings. The van der Waals surface area contributed by atoms with Crippen LogP contribution in [0.1, 0.15) is 43.5 Å². The summed E-state index contributed by atoms with van der Waals surface area (Å²) in [5.74, 6) is 0.00901. The van der Waals surface area contributed by atoms with Gasteiger partial charge in [-0.05, 0) is 50.8 Å². The quantitative estimate of drug-likeness (QED) is 0.646. The van der Waals surface area contributed by atoms with E-state index in [0.717, 1.165) is 59.5 Å². The van der Waals surface area contributed by atoms with Crippen LogP contribution >= 0.6 is 11.6 Å². The topological polar surface area (TPSA) is 68.6 Å². The van der Waals surface area contributed by atoms with E-state index in [9.17, 15) is 4.79 Å². The molecule has 1 aliphatic heterocycles. The molecular weight excluding hydrogens is 404 g/mol.